The molecule has 0 spiro atoms. The summed E-state index contributed by atoms with van der Waals surface area (Å²) in [6.45, 7) is 10.0. The van der Waals surface area contributed by atoms with Gasteiger partial charge < -0.3 is 15.1 Å². The van der Waals surface area contributed by atoms with Crippen LogP contribution in [0.15, 0.2) is 4.42 Å². The van der Waals surface area contributed by atoms with Crippen LogP contribution >= 0.6 is 0 Å². The Balaban J connectivity index is 2.74. The van der Waals surface area contributed by atoms with Crippen LogP contribution in [0.2, 0.25) is 0 Å². The highest BCUT2D eigenvalue weighted by atomic mass is 16.4. The SMILES string of the molecule is CCCCN(CCCC)c1nnc(C(C)(C)N)o1. The fourth-order valence-corrected chi connectivity index (χ4v) is 1.60. The summed E-state index contributed by atoms with van der Waals surface area (Å²) in [5.74, 6) is 0.496. The highest BCUT2D eigenvalue weighted by molar-refractivity contribution is 5.24. The first-order chi connectivity index (χ1) is 8.49. The third-order valence-electron chi connectivity index (χ3n) is 2.80. The van der Waals surface area contributed by atoms with E-state index in [9.17, 15) is 0 Å². The molecule has 0 aliphatic carbocycles. The minimum atomic E-state index is -0.577. The van der Waals surface area contributed by atoms with Crippen LogP contribution in [0, 0.1) is 0 Å². The summed E-state index contributed by atoms with van der Waals surface area (Å²) in [5.41, 5.74) is 5.38. The molecule has 0 amide bonds. The van der Waals surface area contributed by atoms with Gasteiger partial charge in [0.05, 0.1) is 5.54 Å². The van der Waals surface area contributed by atoms with Gasteiger partial charge in [0.1, 0.15) is 0 Å². The summed E-state index contributed by atoms with van der Waals surface area (Å²) in [6, 6.07) is 0.602. The largest absolute Gasteiger partial charge is 0.406 e. The number of anilines is 1. The Bertz CT molecular complexity index is 335. The predicted octanol–water partition coefficient (Wildman–Crippen LogP) is 2.67. The molecule has 0 fully saturated rings. The van der Waals surface area contributed by atoms with Gasteiger partial charge >= 0.3 is 6.01 Å². The Kier molecular flexibility index (Phi) is 5.59. The van der Waals surface area contributed by atoms with Crippen LogP contribution in [0.1, 0.15) is 59.3 Å². The van der Waals surface area contributed by atoms with Crippen molar-refractivity contribution in [2.24, 2.45) is 5.73 Å². The third-order valence-corrected chi connectivity index (χ3v) is 2.80. The van der Waals surface area contributed by atoms with E-state index in [2.05, 4.69) is 28.9 Å². The Morgan fingerprint density at radius 2 is 1.67 bits per heavy atom. The number of unbranched alkanes of at least 4 members (excludes halogenated alkanes) is 2. The molecule has 0 aliphatic heterocycles. The first-order valence-corrected chi connectivity index (χ1v) is 6.86. The standard InChI is InChI=1S/C13H26N4O/c1-5-7-9-17(10-8-6-2)12-16-15-11(18-12)13(3,4)14/h5-10,14H2,1-4H3. The van der Waals surface area contributed by atoms with Gasteiger partial charge in [-0.3, -0.25) is 0 Å². The van der Waals surface area contributed by atoms with E-state index in [0.717, 1.165) is 38.8 Å². The molecule has 0 unspecified atom stereocenters. The van der Waals surface area contributed by atoms with Crippen molar-refractivity contribution < 1.29 is 4.42 Å². The van der Waals surface area contributed by atoms with Gasteiger partial charge in [-0.2, -0.15) is 0 Å². The molecular weight excluding hydrogens is 228 g/mol. The van der Waals surface area contributed by atoms with E-state index in [0.29, 0.717) is 11.9 Å². The molecular formula is C13H26N4O. The average Bonchev–Trinajstić information content (AvgIpc) is 2.78. The molecule has 1 aromatic heterocycles. The lowest BCUT2D eigenvalue weighted by Gasteiger charge is -2.19. The van der Waals surface area contributed by atoms with Crippen LogP contribution in [0.25, 0.3) is 0 Å². The molecule has 5 heteroatoms. The van der Waals surface area contributed by atoms with Crippen LogP contribution in [0.4, 0.5) is 6.01 Å². The topological polar surface area (TPSA) is 68.2 Å². The fraction of sp³-hybridized carbons (Fsp3) is 0.846. The van der Waals surface area contributed by atoms with Crippen molar-refractivity contribution in [2.75, 3.05) is 18.0 Å². The lowest BCUT2D eigenvalue weighted by molar-refractivity contribution is 0.376. The van der Waals surface area contributed by atoms with E-state index in [1.165, 1.54) is 0 Å². The van der Waals surface area contributed by atoms with Crippen molar-refractivity contribution >= 4 is 6.01 Å². The number of rotatable bonds is 8. The molecule has 1 heterocycles. The Morgan fingerprint density at radius 1 is 1.11 bits per heavy atom. The maximum atomic E-state index is 5.96. The molecule has 0 saturated carbocycles. The molecule has 0 saturated heterocycles. The molecule has 0 bridgehead atoms. The van der Waals surface area contributed by atoms with Crippen molar-refractivity contribution in [3.8, 4) is 0 Å². The number of nitrogens with zero attached hydrogens (tertiary/aromatic N) is 3. The van der Waals surface area contributed by atoms with Crippen molar-refractivity contribution in [1.29, 1.82) is 0 Å². The summed E-state index contributed by atoms with van der Waals surface area (Å²) in [4.78, 5) is 2.16. The lowest BCUT2D eigenvalue weighted by atomic mass is 10.1. The van der Waals surface area contributed by atoms with Crippen molar-refractivity contribution in [1.82, 2.24) is 10.2 Å². The normalized spacial score (nSPS) is 11.8. The molecule has 1 aromatic rings. The maximum Gasteiger partial charge on any atom is 0.318 e. The Hall–Kier alpha value is -1.10. The van der Waals surface area contributed by atoms with Crippen molar-refractivity contribution in [2.45, 2.75) is 58.9 Å². The van der Waals surface area contributed by atoms with E-state index in [1.54, 1.807) is 0 Å². The van der Waals surface area contributed by atoms with E-state index >= 15 is 0 Å². The second-order valence-corrected chi connectivity index (χ2v) is 5.31. The van der Waals surface area contributed by atoms with Gasteiger partial charge in [0.25, 0.3) is 0 Å². The monoisotopic (exact) mass is 254 g/mol. The fourth-order valence-electron chi connectivity index (χ4n) is 1.60. The highest BCUT2D eigenvalue weighted by Crippen LogP contribution is 2.20. The number of aromatic nitrogens is 2. The van der Waals surface area contributed by atoms with E-state index < -0.39 is 5.54 Å². The minimum absolute atomic E-state index is 0.496. The molecule has 0 aromatic carbocycles. The number of hydrogen-bond acceptors (Lipinski definition) is 5. The van der Waals surface area contributed by atoms with Crippen molar-refractivity contribution in [3.63, 3.8) is 0 Å². The summed E-state index contributed by atoms with van der Waals surface area (Å²) in [7, 11) is 0. The lowest BCUT2D eigenvalue weighted by Crippen LogP contribution is -2.29. The quantitative estimate of drug-likeness (QED) is 0.772. The minimum Gasteiger partial charge on any atom is -0.406 e. The molecule has 0 atom stereocenters. The van der Waals surface area contributed by atoms with Gasteiger partial charge in [-0.15, -0.1) is 5.10 Å². The first-order valence-electron chi connectivity index (χ1n) is 6.86. The zero-order valence-electron chi connectivity index (χ0n) is 12.1. The molecule has 104 valence electrons. The van der Waals surface area contributed by atoms with Gasteiger partial charge in [-0.1, -0.05) is 31.8 Å². The zero-order chi connectivity index (χ0) is 13.6. The third kappa shape index (κ3) is 4.29. The summed E-state index contributed by atoms with van der Waals surface area (Å²) < 4.78 is 5.68. The second kappa shape index (κ2) is 6.73. The molecule has 2 N–H and O–H groups in total. The van der Waals surface area contributed by atoms with Gasteiger partial charge in [0, 0.05) is 13.1 Å². The molecule has 5 nitrogen and oxygen atoms in total. The van der Waals surface area contributed by atoms with E-state index in [-0.39, 0.29) is 0 Å². The molecule has 1 rings (SSSR count). The van der Waals surface area contributed by atoms with Crippen LogP contribution in [-0.4, -0.2) is 23.3 Å². The summed E-state index contributed by atoms with van der Waals surface area (Å²) in [5, 5.41) is 8.16. The van der Waals surface area contributed by atoms with Gasteiger partial charge in [-0.05, 0) is 26.7 Å². The van der Waals surface area contributed by atoms with Gasteiger partial charge in [0.2, 0.25) is 5.89 Å². The van der Waals surface area contributed by atoms with Crippen LogP contribution < -0.4 is 10.6 Å². The highest BCUT2D eigenvalue weighted by Gasteiger charge is 2.23. The second-order valence-electron chi connectivity index (χ2n) is 5.31. The van der Waals surface area contributed by atoms with Crippen molar-refractivity contribution in [3.05, 3.63) is 5.89 Å². The van der Waals surface area contributed by atoms with E-state index in [1.807, 2.05) is 13.8 Å². The van der Waals surface area contributed by atoms with Crippen LogP contribution in [-0.2, 0) is 5.54 Å². The van der Waals surface area contributed by atoms with Gasteiger partial charge in [-0.25, -0.2) is 0 Å². The zero-order valence-corrected chi connectivity index (χ0v) is 12.1. The van der Waals surface area contributed by atoms with Crippen LogP contribution in [0.3, 0.4) is 0 Å². The number of nitrogens with two attached hydrogens (primary N) is 1. The predicted molar refractivity (Wildman–Crippen MR) is 73.5 cm³/mol. The molecule has 18 heavy (non-hydrogen) atoms. The summed E-state index contributed by atoms with van der Waals surface area (Å²) >= 11 is 0. The first kappa shape index (κ1) is 15.0. The smallest absolute Gasteiger partial charge is 0.318 e. The average molecular weight is 254 g/mol. The number of hydrogen-bond donors (Lipinski definition) is 1. The van der Waals surface area contributed by atoms with Gasteiger partial charge in [0.15, 0.2) is 0 Å². The summed E-state index contributed by atoms with van der Waals surface area (Å²) in [6.07, 6.45) is 4.58. The molecule has 0 aliphatic rings. The Labute approximate surface area is 110 Å². The Morgan fingerprint density at radius 3 is 2.06 bits per heavy atom. The van der Waals surface area contributed by atoms with Crippen LogP contribution in [0.5, 0.6) is 0 Å². The maximum absolute atomic E-state index is 5.96. The molecule has 0 radical (unpaired) electrons. The van der Waals surface area contributed by atoms with E-state index in [4.69, 9.17) is 10.2 Å².